The minimum atomic E-state index is -0.976. The highest BCUT2D eigenvalue weighted by atomic mass is 16.4. The first-order chi connectivity index (χ1) is 12.3. The number of fused-ring (bicyclic) bond motifs is 1. The topological polar surface area (TPSA) is 86.0 Å². The number of amides is 1. The van der Waals surface area contributed by atoms with Crippen LogP contribution in [0, 0.1) is 22.7 Å². The normalized spacial score (nSPS) is 22.3. The van der Waals surface area contributed by atoms with Gasteiger partial charge in [0.2, 0.25) is 0 Å². The molecule has 3 rings (SSSR count). The number of nitrogens with zero attached hydrogens (tertiary/aromatic N) is 2. The van der Waals surface area contributed by atoms with Crippen molar-refractivity contribution in [1.29, 1.82) is 5.26 Å². The highest BCUT2D eigenvalue weighted by Crippen LogP contribution is 2.56. The summed E-state index contributed by atoms with van der Waals surface area (Å²) >= 11 is 0. The van der Waals surface area contributed by atoms with Gasteiger partial charge in [0.1, 0.15) is 0 Å². The van der Waals surface area contributed by atoms with E-state index in [2.05, 4.69) is 37.1 Å². The first-order valence-corrected chi connectivity index (χ1v) is 8.72. The molecular weight excluding hydrogens is 326 g/mol. The molecule has 2 atom stereocenters. The molecule has 0 saturated heterocycles. The summed E-state index contributed by atoms with van der Waals surface area (Å²) in [6, 6.07) is 9.99. The fourth-order valence-electron chi connectivity index (χ4n) is 3.97. The van der Waals surface area contributed by atoms with Crippen LogP contribution in [0.4, 0.5) is 4.79 Å². The zero-order chi connectivity index (χ0) is 18.9. The number of nitrogens with one attached hydrogen (secondary N) is 1. The summed E-state index contributed by atoms with van der Waals surface area (Å²) in [5.74, 6) is 0.221. The van der Waals surface area contributed by atoms with Crippen molar-refractivity contribution in [3.05, 3.63) is 47.7 Å². The first kappa shape index (κ1) is 17.9. The molecule has 26 heavy (non-hydrogen) atoms. The van der Waals surface area contributed by atoms with Gasteiger partial charge >= 0.3 is 6.09 Å². The van der Waals surface area contributed by atoms with Crippen molar-refractivity contribution in [3.8, 4) is 6.07 Å². The van der Waals surface area contributed by atoms with Crippen LogP contribution in [0.5, 0.6) is 0 Å². The van der Waals surface area contributed by atoms with Gasteiger partial charge in [-0.1, -0.05) is 26.8 Å². The number of hydrogen-bond donors (Lipinski definition) is 2. The molecule has 1 aliphatic carbocycles. The Morgan fingerprint density at radius 1 is 1.50 bits per heavy atom. The van der Waals surface area contributed by atoms with Gasteiger partial charge in [-0.25, -0.2) is 4.79 Å². The third-order valence-electron chi connectivity index (χ3n) is 5.40. The van der Waals surface area contributed by atoms with E-state index >= 15 is 0 Å². The van der Waals surface area contributed by atoms with Crippen LogP contribution in [0.3, 0.4) is 0 Å². The van der Waals surface area contributed by atoms with Crippen LogP contribution in [0.2, 0.25) is 0 Å². The number of rotatable bonds is 4. The Kier molecular flexibility index (Phi) is 4.45. The lowest BCUT2D eigenvalue weighted by molar-refractivity contribution is 0.163. The Morgan fingerprint density at radius 2 is 2.27 bits per heavy atom. The van der Waals surface area contributed by atoms with Crippen molar-refractivity contribution in [2.75, 3.05) is 0 Å². The molecule has 0 aliphatic heterocycles. The van der Waals surface area contributed by atoms with Crippen molar-refractivity contribution < 1.29 is 9.90 Å². The zero-order valence-electron chi connectivity index (χ0n) is 15.3. The lowest BCUT2D eigenvalue weighted by Crippen LogP contribution is -2.47. The number of benzene rings is 1. The molecule has 0 radical (unpaired) electrons. The summed E-state index contributed by atoms with van der Waals surface area (Å²) in [6.45, 7) is 6.22. The molecule has 0 spiro atoms. The van der Waals surface area contributed by atoms with E-state index in [0.29, 0.717) is 0 Å². The summed E-state index contributed by atoms with van der Waals surface area (Å²) in [6.07, 6.45) is 5.61. The summed E-state index contributed by atoms with van der Waals surface area (Å²) in [4.78, 5) is 15.8. The summed E-state index contributed by atoms with van der Waals surface area (Å²) in [7, 11) is 0. The van der Waals surface area contributed by atoms with Gasteiger partial charge in [0, 0.05) is 17.7 Å². The number of carbonyl (C=O) groups is 1. The molecule has 2 N–H and O–H groups in total. The lowest BCUT2D eigenvalue weighted by atomic mass is 9.81. The van der Waals surface area contributed by atoms with Crippen molar-refractivity contribution in [2.45, 2.75) is 39.2 Å². The summed E-state index contributed by atoms with van der Waals surface area (Å²) in [5.41, 5.74) is 2.39. The van der Waals surface area contributed by atoms with E-state index < -0.39 is 11.6 Å². The largest absolute Gasteiger partial charge is 0.465 e. The van der Waals surface area contributed by atoms with Crippen molar-refractivity contribution in [1.82, 2.24) is 10.3 Å². The van der Waals surface area contributed by atoms with Crippen LogP contribution in [0.15, 0.2) is 36.5 Å². The average molecular weight is 349 g/mol. The average Bonchev–Trinajstić information content (AvgIpc) is 3.25. The summed E-state index contributed by atoms with van der Waals surface area (Å²) < 4.78 is 0. The molecular formula is C21H23N3O2. The second-order valence-corrected chi connectivity index (χ2v) is 7.97. The lowest BCUT2D eigenvalue weighted by Gasteiger charge is -2.32. The molecule has 2 aromatic rings. The maximum Gasteiger partial charge on any atom is 0.405 e. The van der Waals surface area contributed by atoms with E-state index in [9.17, 15) is 9.90 Å². The van der Waals surface area contributed by atoms with E-state index in [0.717, 1.165) is 34.9 Å². The van der Waals surface area contributed by atoms with E-state index in [1.807, 2.05) is 24.3 Å². The number of allylic oxidation sites excluding steroid dienone is 1. The Balaban J connectivity index is 1.97. The Morgan fingerprint density at radius 3 is 2.92 bits per heavy atom. The minimum Gasteiger partial charge on any atom is -0.465 e. The van der Waals surface area contributed by atoms with Crippen LogP contribution in [-0.2, 0) is 6.42 Å². The molecule has 5 heteroatoms. The highest BCUT2D eigenvalue weighted by Gasteiger charge is 2.61. The first-order valence-electron chi connectivity index (χ1n) is 8.72. The molecule has 134 valence electrons. The fourth-order valence-corrected chi connectivity index (χ4v) is 3.97. The van der Waals surface area contributed by atoms with Gasteiger partial charge in [0.05, 0.1) is 17.1 Å². The van der Waals surface area contributed by atoms with Crippen molar-refractivity contribution >= 4 is 23.1 Å². The van der Waals surface area contributed by atoms with Crippen LogP contribution >= 0.6 is 0 Å². The molecule has 1 aliphatic rings. The molecule has 5 nitrogen and oxygen atoms in total. The quantitative estimate of drug-likeness (QED) is 0.802. The smallest absolute Gasteiger partial charge is 0.405 e. The predicted molar refractivity (Wildman–Crippen MR) is 102 cm³/mol. The van der Waals surface area contributed by atoms with Crippen LogP contribution in [0.25, 0.3) is 17.0 Å². The second-order valence-electron chi connectivity index (χ2n) is 7.97. The number of pyridine rings is 1. The van der Waals surface area contributed by atoms with Gasteiger partial charge < -0.3 is 10.4 Å². The molecule has 0 bridgehead atoms. The maximum absolute atomic E-state index is 11.3. The van der Waals surface area contributed by atoms with Crippen LogP contribution < -0.4 is 5.32 Å². The Bertz CT molecular complexity index is 921. The second kappa shape index (κ2) is 6.45. The van der Waals surface area contributed by atoms with Gasteiger partial charge in [-0.15, -0.1) is 0 Å². The third-order valence-corrected chi connectivity index (χ3v) is 5.40. The SMILES string of the molecule is CC(C)(C)C1(NC(=O)O)CC1Cc1cc(C=CC#N)cc2cccnc12. The molecule has 1 aromatic heterocycles. The third kappa shape index (κ3) is 3.28. The fraction of sp³-hybridized carbons (Fsp3) is 0.381. The van der Waals surface area contributed by atoms with Gasteiger partial charge in [-0.3, -0.25) is 4.98 Å². The standard InChI is InChI=1S/C21H23N3O2/c1-20(2,3)21(24-19(25)26)13-17(21)12-16-11-14(6-4-8-22)10-15-7-5-9-23-18(15)16/h4-7,9-11,17,24H,12-13H2,1-3H3,(H,25,26). The number of nitriles is 1. The summed E-state index contributed by atoms with van der Waals surface area (Å²) in [5, 5.41) is 21.9. The highest BCUT2D eigenvalue weighted by molar-refractivity contribution is 5.84. The van der Waals surface area contributed by atoms with E-state index in [1.54, 1.807) is 12.3 Å². The Hall–Kier alpha value is -2.87. The predicted octanol–water partition coefficient (Wildman–Crippen LogP) is 4.39. The van der Waals surface area contributed by atoms with Crippen LogP contribution in [0.1, 0.15) is 38.3 Å². The van der Waals surface area contributed by atoms with Crippen molar-refractivity contribution in [2.24, 2.45) is 11.3 Å². The minimum absolute atomic E-state index is 0.169. The number of carboxylic acid groups (broad SMARTS) is 1. The van der Waals surface area contributed by atoms with E-state index in [-0.39, 0.29) is 11.3 Å². The Labute approximate surface area is 153 Å². The molecule has 1 amide bonds. The van der Waals surface area contributed by atoms with Gasteiger partial charge in [0.15, 0.2) is 0 Å². The molecule has 1 aromatic carbocycles. The van der Waals surface area contributed by atoms with Crippen molar-refractivity contribution in [3.63, 3.8) is 0 Å². The molecule has 1 saturated carbocycles. The van der Waals surface area contributed by atoms with Gasteiger partial charge in [0.25, 0.3) is 0 Å². The van der Waals surface area contributed by atoms with Gasteiger partial charge in [-0.05, 0) is 59.6 Å². The zero-order valence-corrected chi connectivity index (χ0v) is 15.3. The molecule has 1 fully saturated rings. The van der Waals surface area contributed by atoms with Crippen LogP contribution in [-0.4, -0.2) is 21.7 Å². The molecule has 2 unspecified atom stereocenters. The van der Waals surface area contributed by atoms with Gasteiger partial charge in [-0.2, -0.15) is 5.26 Å². The number of hydrogen-bond acceptors (Lipinski definition) is 3. The maximum atomic E-state index is 11.3. The van der Waals surface area contributed by atoms with E-state index in [4.69, 9.17) is 5.26 Å². The monoisotopic (exact) mass is 349 g/mol. The molecule has 1 heterocycles. The number of aromatic nitrogens is 1. The van der Waals surface area contributed by atoms with E-state index in [1.165, 1.54) is 6.08 Å².